The molecule has 0 atom stereocenters. The number of rotatable bonds is 6. The molecule has 0 saturated carbocycles. The zero-order valence-electron chi connectivity index (χ0n) is 12.8. The maximum Gasteiger partial charge on any atom is 0.315 e. The van der Waals surface area contributed by atoms with Crippen molar-refractivity contribution in [3.8, 4) is 11.5 Å². The molecule has 0 unspecified atom stereocenters. The minimum absolute atomic E-state index is 0.217. The topological polar surface area (TPSA) is 89.5 Å². The maximum absolute atomic E-state index is 11.6. The molecule has 0 spiro atoms. The molecular formula is C15H17N3O4S. The van der Waals surface area contributed by atoms with E-state index in [1.54, 1.807) is 36.8 Å². The summed E-state index contributed by atoms with van der Waals surface area (Å²) in [7, 11) is 1.59. The van der Waals surface area contributed by atoms with Crippen molar-refractivity contribution in [3.63, 3.8) is 0 Å². The normalized spacial score (nSPS) is 10.0. The third kappa shape index (κ3) is 5.26. The van der Waals surface area contributed by atoms with E-state index in [1.165, 1.54) is 11.3 Å². The monoisotopic (exact) mass is 335 g/mol. The third-order valence-corrected chi connectivity index (χ3v) is 3.64. The summed E-state index contributed by atoms with van der Waals surface area (Å²) in [6.07, 6.45) is 0. The molecule has 0 aliphatic carbocycles. The van der Waals surface area contributed by atoms with Gasteiger partial charge in [0.15, 0.2) is 5.13 Å². The highest BCUT2D eigenvalue weighted by molar-refractivity contribution is 7.14. The Labute approximate surface area is 137 Å². The smallest absolute Gasteiger partial charge is 0.315 e. The molecule has 0 saturated heterocycles. The van der Waals surface area contributed by atoms with Gasteiger partial charge in [0.05, 0.1) is 19.3 Å². The highest BCUT2D eigenvalue weighted by atomic mass is 32.1. The average Bonchev–Trinajstić information content (AvgIpc) is 2.96. The summed E-state index contributed by atoms with van der Waals surface area (Å²) >= 11 is 1.27. The molecule has 1 heterocycles. The summed E-state index contributed by atoms with van der Waals surface area (Å²) in [5.74, 6) is -0.0810. The second kappa shape index (κ2) is 8.14. The van der Waals surface area contributed by atoms with Crippen LogP contribution in [0.15, 0.2) is 29.6 Å². The van der Waals surface area contributed by atoms with E-state index in [2.05, 4.69) is 15.6 Å². The number of carbonyl (C=O) groups excluding carboxylic acids is 2. The fourth-order valence-corrected chi connectivity index (χ4v) is 2.33. The summed E-state index contributed by atoms with van der Waals surface area (Å²) in [6, 6.07) is 7.07. The molecule has 1 aromatic heterocycles. The van der Waals surface area contributed by atoms with Crippen LogP contribution < -0.4 is 20.1 Å². The number of hydrogen-bond acceptors (Lipinski definition) is 6. The Kier molecular flexibility index (Phi) is 5.93. The summed E-state index contributed by atoms with van der Waals surface area (Å²) in [6.45, 7) is 2.28. The van der Waals surface area contributed by atoms with E-state index in [0.717, 1.165) is 11.4 Å². The van der Waals surface area contributed by atoms with Gasteiger partial charge in [-0.15, -0.1) is 11.3 Å². The maximum atomic E-state index is 11.6. The summed E-state index contributed by atoms with van der Waals surface area (Å²) < 4.78 is 10.5. The molecule has 2 aromatic rings. The van der Waals surface area contributed by atoms with Crippen LogP contribution in [-0.4, -0.2) is 37.1 Å². The minimum atomic E-state index is -0.746. The number of aromatic nitrogens is 1. The fraction of sp³-hybridized carbons (Fsp3) is 0.267. The molecule has 122 valence electrons. The number of hydrogen-bond donors (Lipinski definition) is 2. The molecule has 23 heavy (non-hydrogen) atoms. The van der Waals surface area contributed by atoms with Gasteiger partial charge in [0, 0.05) is 5.38 Å². The Morgan fingerprint density at radius 2 is 1.87 bits per heavy atom. The predicted octanol–water partition coefficient (Wildman–Crippen LogP) is 1.59. The molecule has 0 aliphatic rings. The molecule has 2 rings (SSSR count). The Morgan fingerprint density at radius 1 is 1.17 bits per heavy atom. The van der Waals surface area contributed by atoms with Crippen LogP contribution in [0.1, 0.15) is 5.69 Å². The van der Waals surface area contributed by atoms with Gasteiger partial charge in [0.1, 0.15) is 18.1 Å². The standard InChI is InChI=1S/C15H17N3O4S/c1-10-9-23-15(17-10)18-14(20)13(19)16-7-8-22-12-5-3-11(21-2)4-6-12/h3-6,9H,7-8H2,1-2H3,(H,16,19)(H,17,18,20). The van der Waals surface area contributed by atoms with Gasteiger partial charge in [-0.25, -0.2) is 4.98 Å². The van der Waals surface area contributed by atoms with Gasteiger partial charge >= 0.3 is 11.8 Å². The zero-order valence-corrected chi connectivity index (χ0v) is 13.6. The number of aryl methyl sites for hydroxylation is 1. The predicted molar refractivity (Wildman–Crippen MR) is 87.0 cm³/mol. The zero-order chi connectivity index (χ0) is 16.7. The van der Waals surface area contributed by atoms with Crippen molar-refractivity contribution in [2.24, 2.45) is 0 Å². The van der Waals surface area contributed by atoms with Crippen molar-refractivity contribution >= 4 is 28.3 Å². The second-order valence-electron chi connectivity index (χ2n) is 4.53. The number of nitrogens with one attached hydrogen (secondary N) is 2. The van der Waals surface area contributed by atoms with Gasteiger partial charge in [0.2, 0.25) is 0 Å². The molecule has 7 nitrogen and oxygen atoms in total. The molecule has 2 N–H and O–H groups in total. The number of anilines is 1. The number of thiazole rings is 1. The first kappa shape index (κ1) is 16.8. The van der Waals surface area contributed by atoms with E-state index in [1.807, 2.05) is 6.92 Å². The van der Waals surface area contributed by atoms with Crippen LogP contribution in [0.2, 0.25) is 0 Å². The Morgan fingerprint density at radius 3 is 2.48 bits per heavy atom. The van der Waals surface area contributed by atoms with Crippen molar-refractivity contribution in [3.05, 3.63) is 35.3 Å². The van der Waals surface area contributed by atoms with Crippen LogP contribution in [0.4, 0.5) is 5.13 Å². The second-order valence-corrected chi connectivity index (χ2v) is 5.39. The largest absolute Gasteiger partial charge is 0.497 e. The van der Waals surface area contributed by atoms with Crippen molar-refractivity contribution in [2.75, 3.05) is 25.6 Å². The highest BCUT2D eigenvalue weighted by Gasteiger charge is 2.14. The molecular weight excluding hydrogens is 318 g/mol. The number of amides is 2. The first-order chi connectivity index (χ1) is 11.1. The van der Waals surface area contributed by atoms with E-state index in [-0.39, 0.29) is 13.2 Å². The number of carbonyl (C=O) groups is 2. The minimum Gasteiger partial charge on any atom is -0.497 e. The highest BCUT2D eigenvalue weighted by Crippen LogP contribution is 2.16. The van der Waals surface area contributed by atoms with E-state index in [9.17, 15) is 9.59 Å². The van der Waals surface area contributed by atoms with E-state index >= 15 is 0 Å². The van der Waals surface area contributed by atoms with Crippen molar-refractivity contribution < 1.29 is 19.1 Å². The van der Waals surface area contributed by atoms with Gasteiger partial charge in [0.25, 0.3) is 0 Å². The number of ether oxygens (including phenoxy) is 2. The van der Waals surface area contributed by atoms with Crippen LogP contribution >= 0.6 is 11.3 Å². The van der Waals surface area contributed by atoms with Crippen LogP contribution in [-0.2, 0) is 9.59 Å². The molecule has 0 aliphatic heterocycles. The Hall–Kier alpha value is -2.61. The van der Waals surface area contributed by atoms with Gasteiger partial charge < -0.3 is 14.8 Å². The third-order valence-electron chi connectivity index (χ3n) is 2.76. The molecule has 0 radical (unpaired) electrons. The van der Waals surface area contributed by atoms with Crippen molar-refractivity contribution in [2.45, 2.75) is 6.92 Å². The number of nitrogens with zero attached hydrogens (tertiary/aromatic N) is 1. The first-order valence-electron chi connectivity index (χ1n) is 6.86. The lowest BCUT2D eigenvalue weighted by molar-refractivity contribution is -0.136. The summed E-state index contributed by atoms with van der Waals surface area (Å²) in [4.78, 5) is 27.3. The van der Waals surface area contributed by atoms with Gasteiger partial charge in [-0.3, -0.25) is 14.9 Å². The van der Waals surface area contributed by atoms with Crippen molar-refractivity contribution in [1.29, 1.82) is 0 Å². The molecule has 0 bridgehead atoms. The first-order valence-corrected chi connectivity index (χ1v) is 7.74. The molecule has 2 amide bonds. The van der Waals surface area contributed by atoms with Crippen LogP contribution in [0, 0.1) is 6.92 Å². The number of benzene rings is 1. The number of methoxy groups -OCH3 is 1. The lowest BCUT2D eigenvalue weighted by Gasteiger charge is -2.08. The molecule has 1 aromatic carbocycles. The lowest BCUT2D eigenvalue weighted by Crippen LogP contribution is -2.37. The van der Waals surface area contributed by atoms with E-state index in [0.29, 0.717) is 10.9 Å². The fourth-order valence-electron chi connectivity index (χ4n) is 1.65. The van der Waals surface area contributed by atoms with E-state index < -0.39 is 11.8 Å². The van der Waals surface area contributed by atoms with Gasteiger partial charge in [-0.2, -0.15) is 0 Å². The lowest BCUT2D eigenvalue weighted by atomic mass is 10.3. The van der Waals surface area contributed by atoms with Crippen LogP contribution in [0.25, 0.3) is 0 Å². The van der Waals surface area contributed by atoms with Crippen LogP contribution in [0.5, 0.6) is 11.5 Å². The Bertz CT molecular complexity index is 670. The quantitative estimate of drug-likeness (QED) is 0.618. The SMILES string of the molecule is COc1ccc(OCCNC(=O)C(=O)Nc2nc(C)cs2)cc1. The van der Waals surface area contributed by atoms with Gasteiger partial charge in [-0.05, 0) is 31.2 Å². The van der Waals surface area contributed by atoms with Gasteiger partial charge in [-0.1, -0.05) is 0 Å². The van der Waals surface area contributed by atoms with Crippen molar-refractivity contribution in [1.82, 2.24) is 10.3 Å². The summed E-state index contributed by atoms with van der Waals surface area (Å²) in [5.41, 5.74) is 0.790. The molecule has 0 fully saturated rings. The average molecular weight is 335 g/mol. The Balaban J connectivity index is 1.68. The van der Waals surface area contributed by atoms with Crippen LogP contribution in [0.3, 0.4) is 0 Å². The summed E-state index contributed by atoms with van der Waals surface area (Å²) in [5, 5.41) is 7.10. The van der Waals surface area contributed by atoms with E-state index in [4.69, 9.17) is 9.47 Å². The molecule has 8 heteroatoms.